The van der Waals surface area contributed by atoms with Crippen LogP contribution in [0.3, 0.4) is 0 Å². The van der Waals surface area contributed by atoms with Gasteiger partial charge in [0.25, 0.3) is 0 Å². The van der Waals surface area contributed by atoms with Crippen molar-refractivity contribution in [2.24, 2.45) is 16.6 Å². The van der Waals surface area contributed by atoms with Crippen LogP contribution in [-0.2, 0) is 4.79 Å². The van der Waals surface area contributed by atoms with Crippen LogP contribution in [0.2, 0.25) is 0 Å². The number of aliphatic imine (C=N–C) groups is 1. The number of hydrogen-bond acceptors (Lipinski definition) is 5. The van der Waals surface area contributed by atoms with E-state index in [1.165, 1.54) is 23.0 Å². The summed E-state index contributed by atoms with van der Waals surface area (Å²) >= 11 is 1.43. The predicted octanol–water partition coefficient (Wildman–Crippen LogP) is 0.0650. The van der Waals surface area contributed by atoms with Gasteiger partial charge in [0.1, 0.15) is 11.5 Å². The Morgan fingerprint density at radius 2 is 2.45 bits per heavy atom. The summed E-state index contributed by atoms with van der Waals surface area (Å²) in [5, 5.41) is 26.9. The Labute approximate surface area is 121 Å². The Hall–Kier alpha value is -1.54. The van der Waals surface area contributed by atoms with Gasteiger partial charge >= 0.3 is 5.97 Å². The quantitative estimate of drug-likeness (QED) is 0.312. The van der Waals surface area contributed by atoms with E-state index in [-0.39, 0.29) is 23.5 Å². The van der Waals surface area contributed by atoms with Crippen molar-refractivity contribution in [1.29, 1.82) is 5.41 Å². The highest BCUT2D eigenvalue weighted by molar-refractivity contribution is 8.03. The largest absolute Gasteiger partial charge is 0.477 e. The van der Waals surface area contributed by atoms with E-state index in [1.807, 2.05) is 0 Å². The number of nitrogens with two attached hydrogens (primary N) is 1. The van der Waals surface area contributed by atoms with E-state index >= 15 is 0 Å². The predicted molar refractivity (Wildman–Crippen MR) is 77.8 cm³/mol. The molecule has 0 unspecified atom stereocenters. The minimum Gasteiger partial charge on any atom is -0.477 e. The van der Waals surface area contributed by atoms with E-state index < -0.39 is 12.1 Å². The number of aliphatic carboxylic acids is 1. The Morgan fingerprint density at radius 1 is 1.75 bits per heavy atom. The van der Waals surface area contributed by atoms with Crippen LogP contribution in [0.25, 0.3) is 0 Å². The highest BCUT2D eigenvalue weighted by Gasteiger charge is 2.54. The molecule has 0 aliphatic carbocycles. The molecule has 1 saturated heterocycles. The van der Waals surface area contributed by atoms with Crippen LogP contribution in [0.4, 0.5) is 0 Å². The molecule has 7 nitrogen and oxygen atoms in total. The molecule has 8 heteroatoms. The third-order valence-corrected chi connectivity index (χ3v) is 4.64. The Kier molecular flexibility index (Phi) is 4.34. The lowest BCUT2D eigenvalue weighted by atomic mass is 9.83. The van der Waals surface area contributed by atoms with Gasteiger partial charge in [-0.3, -0.25) is 10.4 Å². The number of aliphatic hydroxyl groups excluding tert-OH is 1. The van der Waals surface area contributed by atoms with Gasteiger partial charge in [-0.15, -0.1) is 11.8 Å². The van der Waals surface area contributed by atoms with Gasteiger partial charge in [0, 0.05) is 17.1 Å². The number of fused-ring (bicyclic) bond motifs is 1. The molecule has 110 valence electrons. The van der Waals surface area contributed by atoms with Crippen molar-refractivity contribution in [3.8, 4) is 0 Å². The normalized spacial score (nSPS) is 26.9. The number of carboxylic acids is 1. The van der Waals surface area contributed by atoms with Gasteiger partial charge < -0.3 is 20.8 Å². The molecular formula is C12H18N4O3S. The van der Waals surface area contributed by atoms with Crippen LogP contribution in [0.1, 0.15) is 13.3 Å². The molecule has 0 radical (unpaired) electrons. The Morgan fingerprint density at radius 3 is 3.00 bits per heavy atom. The number of aliphatic hydroxyl groups is 1. The van der Waals surface area contributed by atoms with E-state index in [2.05, 4.69) is 4.99 Å². The van der Waals surface area contributed by atoms with Crippen molar-refractivity contribution < 1.29 is 15.0 Å². The summed E-state index contributed by atoms with van der Waals surface area (Å²) < 4.78 is 0. The van der Waals surface area contributed by atoms with E-state index in [0.29, 0.717) is 18.7 Å². The van der Waals surface area contributed by atoms with Crippen molar-refractivity contribution >= 4 is 29.9 Å². The van der Waals surface area contributed by atoms with Crippen molar-refractivity contribution in [1.82, 2.24) is 4.90 Å². The minimum absolute atomic E-state index is 0.103. The molecule has 5 N–H and O–H groups in total. The summed E-state index contributed by atoms with van der Waals surface area (Å²) in [6, 6.07) is -0.103. The van der Waals surface area contributed by atoms with Crippen molar-refractivity contribution in [2.75, 3.05) is 12.3 Å². The molecular weight excluding hydrogens is 280 g/mol. The van der Waals surface area contributed by atoms with Gasteiger partial charge in [-0.2, -0.15) is 0 Å². The van der Waals surface area contributed by atoms with Gasteiger partial charge in [-0.25, -0.2) is 4.79 Å². The second-order valence-electron chi connectivity index (χ2n) is 4.77. The zero-order chi connectivity index (χ0) is 14.9. The molecule has 0 spiro atoms. The molecule has 0 saturated carbocycles. The summed E-state index contributed by atoms with van der Waals surface area (Å²) in [6.45, 7) is 2.16. The van der Waals surface area contributed by atoms with Crippen LogP contribution in [0.5, 0.6) is 0 Å². The van der Waals surface area contributed by atoms with Gasteiger partial charge in [0.15, 0.2) is 0 Å². The van der Waals surface area contributed by atoms with E-state index in [4.69, 9.17) is 11.1 Å². The zero-order valence-electron chi connectivity index (χ0n) is 11.1. The highest BCUT2D eigenvalue weighted by Crippen LogP contribution is 2.47. The van der Waals surface area contributed by atoms with Crippen molar-refractivity contribution in [3.63, 3.8) is 0 Å². The van der Waals surface area contributed by atoms with Gasteiger partial charge in [-0.05, 0) is 6.92 Å². The van der Waals surface area contributed by atoms with Gasteiger partial charge in [0.05, 0.1) is 30.9 Å². The van der Waals surface area contributed by atoms with Crippen LogP contribution >= 0.6 is 11.8 Å². The lowest BCUT2D eigenvalue weighted by Crippen LogP contribution is -2.61. The average molecular weight is 298 g/mol. The first-order chi connectivity index (χ1) is 9.49. The molecule has 0 aromatic rings. The number of nitrogens with one attached hydrogen (secondary N) is 1. The maximum Gasteiger partial charge on any atom is 0.353 e. The molecule has 1 fully saturated rings. The monoisotopic (exact) mass is 298 g/mol. The summed E-state index contributed by atoms with van der Waals surface area (Å²) in [5.74, 6) is -0.457. The molecule has 20 heavy (non-hydrogen) atoms. The van der Waals surface area contributed by atoms with E-state index in [1.54, 1.807) is 6.92 Å². The molecule has 0 aromatic heterocycles. The minimum atomic E-state index is -1.02. The number of nitrogens with zero attached hydrogens (tertiary/aromatic N) is 2. The van der Waals surface area contributed by atoms with Crippen molar-refractivity contribution in [3.05, 3.63) is 10.6 Å². The molecule has 2 aliphatic heterocycles. The molecule has 0 aromatic carbocycles. The first kappa shape index (κ1) is 14.9. The second-order valence-corrected chi connectivity index (χ2v) is 5.96. The fraction of sp³-hybridized carbons (Fsp3) is 0.583. The zero-order valence-corrected chi connectivity index (χ0v) is 11.9. The third kappa shape index (κ3) is 2.40. The van der Waals surface area contributed by atoms with E-state index in [0.717, 1.165) is 4.91 Å². The lowest BCUT2D eigenvalue weighted by molar-refractivity contribution is -0.134. The first-order valence-corrected chi connectivity index (χ1v) is 7.32. The number of hydrogen-bond donors (Lipinski definition) is 4. The summed E-state index contributed by atoms with van der Waals surface area (Å²) in [5.41, 5.74) is 5.33. The fourth-order valence-electron chi connectivity index (χ4n) is 2.72. The standard InChI is InChI=1S/C12H18N4O3S/c1-6(17)9-7-4-8(20-3-2-15-5-13)10(12(18)19)16(7)11(9)14/h5-7,9,14,17H,2-4H2,1H3,(H2,13,15)(H,18,19)/t6-,7-,9-/m1/s1. The number of rotatable bonds is 6. The second kappa shape index (κ2) is 5.84. The summed E-state index contributed by atoms with van der Waals surface area (Å²) in [7, 11) is 0. The smallest absolute Gasteiger partial charge is 0.353 e. The number of carboxylic acid groups (broad SMARTS) is 1. The number of amidine groups is 1. The molecule has 2 aliphatic rings. The van der Waals surface area contributed by atoms with Gasteiger partial charge in [0.2, 0.25) is 0 Å². The SMILES string of the molecule is C[C@@H](O)[C@H]1C(=N)N2C(C(=O)O)=C(SCCN=CN)C[C@H]12. The summed E-state index contributed by atoms with van der Waals surface area (Å²) in [6.07, 6.45) is 1.16. The van der Waals surface area contributed by atoms with E-state index in [9.17, 15) is 15.0 Å². The molecule has 2 rings (SSSR count). The summed E-state index contributed by atoms with van der Waals surface area (Å²) in [4.78, 5) is 17.5. The molecule has 3 atom stereocenters. The topological polar surface area (TPSA) is 123 Å². The maximum atomic E-state index is 11.4. The highest BCUT2D eigenvalue weighted by atomic mass is 32.2. The molecule has 2 heterocycles. The average Bonchev–Trinajstić information content (AvgIpc) is 2.69. The van der Waals surface area contributed by atoms with Crippen LogP contribution in [0, 0.1) is 11.3 Å². The molecule has 0 bridgehead atoms. The first-order valence-electron chi connectivity index (χ1n) is 6.34. The fourth-order valence-corrected chi connectivity index (χ4v) is 3.78. The lowest BCUT2D eigenvalue weighted by Gasteiger charge is -2.47. The van der Waals surface area contributed by atoms with Crippen LogP contribution in [0.15, 0.2) is 15.6 Å². The van der Waals surface area contributed by atoms with Crippen LogP contribution < -0.4 is 5.73 Å². The Balaban J connectivity index is 2.11. The van der Waals surface area contributed by atoms with Gasteiger partial charge in [-0.1, -0.05) is 0 Å². The van der Waals surface area contributed by atoms with Crippen LogP contribution in [-0.4, -0.2) is 57.7 Å². The van der Waals surface area contributed by atoms with Crippen molar-refractivity contribution in [2.45, 2.75) is 25.5 Å². The Bertz CT molecular complexity index is 489. The molecule has 0 amide bonds. The maximum absolute atomic E-state index is 11.4. The third-order valence-electron chi connectivity index (χ3n) is 3.55. The number of thioether (sulfide) groups is 1. The number of carbonyl (C=O) groups is 1.